The molecule has 1 unspecified atom stereocenters. The highest BCUT2D eigenvalue weighted by molar-refractivity contribution is 6.30. The summed E-state index contributed by atoms with van der Waals surface area (Å²) < 4.78 is 0. The lowest BCUT2D eigenvalue weighted by Crippen LogP contribution is -2.38. The van der Waals surface area contributed by atoms with E-state index in [1.165, 1.54) is 0 Å². The molecule has 108 valence electrons. The number of halogens is 1. The van der Waals surface area contributed by atoms with Crippen LogP contribution < -0.4 is 0 Å². The maximum absolute atomic E-state index is 11.1. The fourth-order valence-corrected chi connectivity index (χ4v) is 2.25. The topological polar surface area (TPSA) is 40.5 Å². The number of hydrogen-bond acceptors (Lipinski definition) is 2. The Kier molecular flexibility index (Phi) is 7.05. The van der Waals surface area contributed by atoms with Crippen molar-refractivity contribution < 1.29 is 9.90 Å². The molecule has 1 N–H and O–H groups in total. The summed E-state index contributed by atoms with van der Waals surface area (Å²) in [6.07, 6.45) is 4.30. The third kappa shape index (κ3) is 5.59. The number of benzene rings is 1. The highest BCUT2D eigenvalue weighted by atomic mass is 35.5. The van der Waals surface area contributed by atoms with E-state index in [1.54, 1.807) is 12.2 Å². The van der Waals surface area contributed by atoms with Crippen molar-refractivity contribution in [1.82, 2.24) is 4.90 Å². The zero-order chi connectivity index (χ0) is 15.0. The largest absolute Gasteiger partial charge is 0.481 e. The van der Waals surface area contributed by atoms with Crippen LogP contribution in [0.25, 0.3) is 0 Å². The Labute approximate surface area is 125 Å². The third-order valence-corrected chi connectivity index (χ3v) is 3.29. The molecule has 1 aromatic rings. The Balaban J connectivity index is 2.85. The SMILES string of the molecule is C=CCN(CC=C)C(CC(=O)O)Cc1ccc(Cl)cc1. The van der Waals surface area contributed by atoms with Gasteiger partial charge in [-0.3, -0.25) is 9.69 Å². The van der Waals surface area contributed by atoms with Gasteiger partial charge in [0.05, 0.1) is 6.42 Å². The number of aliphatic carboxylic acids is 1. The minimum Gasteiger partial charge on any atom is -0.481 e. The van der Waals surface area contributed by atoms with Gasteiger partial charge in [0.25, 0.3) is 0 Å². The van der Waals surface area contributed by atoms with Crippen molar-refractivity contribution in [2.75, 3.05) is 13.1 Å². The summed E-state index contributed by atoms with van der Waals surface area (Å²) in [5.74, 6) is -0.804. The molecule has 0 amide bonds. The average Bonchev–Trinajstić information content (AvgIpc) is 2.40. The van der Waals surface area contributed by atoms with Crippen molar-refractivity contribution in [3.63, 3.8) is 0 Å². The molecule has 0 aliphatic carbocycles. The molecule has 0 saturated heterocycles. The quantitative estimate of drug-likeness (QED) is 0.710. The number of hydrogen-bond donors (Lipinski definition) is 1. The molecular weight excluding hydrogens is 274 g/mol. The van der Waals surface area contributed by atoms with Crippen molar-refractivity contribution in [1.29, 1.82) is 0 Å². The van der Waals surface area contributed by atoms with E-state index < -0.39 is 5.97 Å². The van der Waals surface area contributed by atoms with Crippen LogP contribution in [0.15, 0.2) is 49.6 Å². The lowest BCUT2D eigenvalue weighted by Gasteiger charge is -2.29. The minimum atomic E-state index is -0.804. The predicted molar refractivity (Wildman–Crippen MR) is 83.2 cm³/mol. The second-order valence-electron chi connectivity index (χ2n) is 4.61. The molecule has 0 aliphatic heterocycles. The van der Waals surface area contributed by atoms with Crippen LogP contribution in [-0.4, -0.2) is 35.1 Å². The van der Waals surface area contributed by atoms with E-state index in [-0.39, 0.29) is 12.5 Å². The number of carboxylic acid groups (broad SMARTS) is 1. The first kappa shape index (κ1) is 16.5. The summed E-state index contributed by atoms with van der Waals surface area (Å²) in [6, 6.07) is 7.40. The molecule has 20 heavy (non-hydrogen) atoms. The van der Waals surface area contributed by atoms with Gasteiger partial charge < -0.3 is 5.11 Å². The van der Waals surface area contributed by atoms with E-state index in [2.05, 4.69) is 18.1 Å². The summed E-state index contributed by atoms with van der Waals surface area (Å²) in [5.41, 5.74) is 1.07. The molecule has 0 fully saturated rings. The van der Waals surface area contributed by atoms with Gasteiger partial charge in [-0.25, -0.2) is 0 Å². The lowest BCUT2D eigenvalue weighted by molar-refractivity contribution is -0.138. The van der Waals surface area contributed by atoms with E-state index in [1.807, 2.05) is 24.3 Å². The van der Waals surface area contributed by atoms with Gasteiger partial charge in [-0.15, -0.1) is 13.2 Å². The zero-order valence-electron chi connectivity index (χ0n) is 11.5. The molecule has 3 nitrogen and oxygen atoms in total. The van der Waals surface area contributed by atoms with Crippen LogP contribution in [0.1, 0.15) is 12.0 Å². The fourth-order valence-electron chi connectivity index (χ4n) is 2.13. The predicted octanol–water partition coefficient (Wildman–Crippen LogP) is 3.40. The van der Waals surface area contributed by atoms with Crippen molar-refractivity contribution >= 4 is 17.6 Å². The van der Waals surface area contributed by atoms with Gasteiger partial charge in [-0.1, -0.05) is 35.9 Å². The van der Waals surface area contributed by atoms with Crippen LogP contribution in [0.4, 0.5) is 0 Å². The number of carboxylic acids is 1. The molecule has 1 rings (SSSR count). The van der Waals surface area contributed by atoms with Gasteiger partial charge >= 0.3 is 5.97 Å². The number of carbonyl (C=O) groups is 1. The molecule has 4 heteroatoms. The molecular formula is C16H20ClNO2. The van der Waals surface area contributed by atoms with Gasteiger partial charge in [-0.05, 0) is 24.1 Å². The normalized spacial score (nSPS) is 12.1. The van der Waals surface area contributed by atoms with Crippen molar-refractivity contribution in [2.45, 2.75) is 18.9 Å². The first-order valence-corrected chi connectivity index (χ1v) is 6.86. The van der Waals surface area contributed by atoms with Crippen LogP contribution in [0.3, 0.4) is 0 Å². The molecule has 1 aromatic carbocycles. The van der Waals surface area contributed by atoms with Crippen LogP contribution in [-0.2, 0) is 11.2 Å². The molecule has 0 bridgehead atoms. The fraction of sp³-hybridized carbons (Fsp3) is 0.312. The minimum absolute atomic E-state index is 0.0876. The van der Waals surface area contributed by atoms with E-state index in [4.69, 9.17) is 16.7 Å². The van der Waals surface area contributed by atoms with Crippen LogP contribution >= 0.6 is 11.6 Å². The van der Waals surface area contributed by atoms with E-state index in [0.29, 0.717) is 24.5 Å². The highest BCUT2D eigenvalue weighted by Crippen LogP contribution is 2.15. The standard InChI is InChI=1S/C16H20ClNO2/c1-3-9-18(10-4-2)15(12-16(19)20)11-13-5-7-14(17)8-6-13/h3-8,15H,1-2,9-12H2,(H,19,20). The second-order valence-corrected chi connectivity index (χ2v) is 5.05. The lowest BCUT2D eigenvalue weighted by atomic mass is 10.0. The Hall–Kier alpha value is -1.58. The molecule has 0 aromatic heterocycles. The molecule has 0 aliphatic rings. The Morgan fingerprint density at radius 1 is 1.25 bits per heavy atom. The summed E-state index contributed by atoms with van der Waals surface area (Å²) in [5, 5.41) is 9.77. The molecule has 1 atom stereocenters. The molecule has 0 saturated carbocycles. The van der Waals surface area contributed by atoms with E-state index >= 15 is 0 Å². The van der Waals surface area contributed by atoms with Crippen molar-refractivity contribution in [2.24, 2.45) is 0 Å². The second kappa shape index (κ2) is 8.56. The summed E-state index contributed by atoms with van der Waals surface area (Å²) >= 11 is 5.86. The Morgan fingerprint density at radius 3 is 2.25 bits per heavy atom. The Morgan fingerprint density at radius 2 is 1.80 bits per heavy atom. The first-order chi connectivity index (χ1) is 9.56. The summed E-state index contributed by atoms with van der Waals surface area (Å²) in [4.78, 5) is 13.1. The van der Waals surface area contributed by atoms with E-state index in [0.717, 1.165) is 5.56 Å². The maximum atomic E-state index is 11.1. The van der Waals surface area contributed by atoms with Gasteiger partial charge in [0, 0.05) is 24.2 Å². The van der Waals surface area contributed by atoms with Gasteiger partial charge in [0.2, 0.25) is 0 Å². The molecule has 0 heterocycles. The average molecular weight is 294 g/mol. The number of rotatable bonds is 9. The number of nitrogens with zero attached hydrogens (tertiary/aromatic N) is 1. The van der Waals surface area contributed by atoms with Crippen LogP contribution in [0.5, 0.6) is 0 Å². The van der Waals surface area contributed by atoms with Gasteiger partial charge in [-0.2, -0.15) is 0 Å². The maximum Gasteiger partial charge on any atom is 0.304 e. The molecule has 0 radical (unpaired) electrons. The first-order valence-electron chi connectivity index (χ1n) is 6.49. The smallest absolute Gasteiger partial charge is 0.304 e. The van der Waals surface area contributed by atoms with Crippen LogP contribution in [0.2, 0.25) is 5.02 Å². The van der Waals surface area contributed by atoms with Gasteiger partial charge in [0.15, 0.2) is 0 Å². The van der Waals surface area contributed by atoms with Crippen LogP contribution in [0, 0.1) is 0 Å². The van der Waals surface area contributed by atoms with Gasteiger partial charge in [0.1, 0.15) is 0 Å². The third-order valence-electron chi connectivity index (χ3n) is 3.04. The van der Waals surface area contributed by atoms with E-state index in [9.17, 15) is 4.79 Å². The summed E-state index contributed by atoms with van der Waals surface area (Å²) in [6.45, 7) is 8.72. The van der Waals surface area contributed by atoms with Crippen molar-refractivity contribution in [3.8, 4) is 0 Å². The highest BCUT2D eigenvalue weighted by Gasteiger charge is 2.20. The Bertz CT molecular complexity index is 446. The summed E-state index contributed by atoms with van der Waals surface area (Å²) in [7, 11) is 0. The zero-order valence-corrected chi connectivity index (χ0v) is 12.2. The monoisotopic (exact) mass is 293 g/mol. The van der Waals surface area contributed by atoms with Crippen molar-refractivity contribution in [3.05, 3.63) is 60.2 Å². The molecule has 0 spiro atoms.